The Morgan fingerprint density at radius 3 is 1.82 bits per heavy atom. The van der Waals surface area contributed by atoms with Gasteiger partial charge in [0.25, 0.3) is 0 Å². The van der Waals surface area contributed by atoms with E-state index in [9.17, 15) is 0 Å². The first-order valence-corrected chi connectivity index (χ1v) is 19.5. The van der Waals surface area contributed by atoms with Crippen LogP contribution in [-0.4, -0.2) is 11.7 Å². The molecule has 1 aliphatic rings. The summed E-state index contributed by atoms with van der Waals surface area (Å²) >= 11 is 1.77. The molecule has 0 bridgehead atoms. The molecular weight excluding hydrogens is 662 g/mol. The molecule has 1 aliphatic heterocycles. The van der Waals surface area contributed by atoms with E-state index in [4.69, 9.17) is 9.98 Å². The van der Waals surface area contributed by atoms with Crippen molar-refractivity contribution in [3.05, 3.63) is 199 Å². The van der Waals surface area contributed by atoms with E-state index in [2.05, 4.69) is 78.1 Å². The number of nitrogens with zero attached hydrogens (tertiary/aromatic N) is 2. The second-order valence-corrected chi connectivity index (χ2v) is 16.4. The summed E-state index contributed by atoms with van der Waals surface area (Å²) in [6.07, 6.45) is -0.304. The number of rotatable bonds is 7. The van der Waals surface area contributed by atoms with E-state index in [0.717, 1.165) is 54.3 Å². The second kappa shape index (κ2) is 13.1. The molecule has 6 heteroatoms. The molecule has 7 aromatic carbocycles. The SMILES string of the molecule is O=P(c1ccccc1)(c1ccccc1)c1cccc(-c2cc(C3=NC(c4ccccc4)NC(c4ccccc4)=N3)cc3sc4ccccc4c23)c1. The number of hydrogen-bond acceptors (Lipinski definition) is 5. The monoisotopic (exact) mass is 693 g/mol. The molecule has 1 aromatic heterocycles. The van der Waals surface area contributed by atoms with E-state index in [1.165, 1.54) is 15.5 Å². The Kier molecular flexibility index (Phi) is 8.00. The second-order valence-electron chi connectivity index (χ2n) is 12.6. The van der Waals surface area contributed by atoms with Gasteiger partial charge in [-0.3, -0.25) is 0 Å². The van der Waals surface area contributed by atoms with Gasteiger partial charge in [-0.25, -0.2) is 9.98 Å². The minimum absolute atomic E-state index is 0.304. The average molecular weight is 694 g/mol. The largest absolute Gasteiger partial charge is 0.344 e. The molecule has 8 aromatic rings. The highest BCUT2D eigenvalue weighted by Gasteiger charge is 2.30. The molecule has 2 heterocycles. The summed E-state index contributed by atoms with van der Waals surface area (Å²) in [6, 6.07) is 61.5. The van der Waals surface area contributed by atoms with Crippen LogP contribution in [0.25, 0.3) is 31.3 Å². The van der Waals surface area contributed by atoms with Crippen molar-refractivity contribution >= 4 is 66.2 Å². The number of fused-ring (bicyclic) bond motifs is 3. The molecule has 4 nitrogen and oxygen atoms in total. The fourth-order valence-electron chi connectivity index (χ4n) is 6.93. The lowest BCUT2D eigenvalue weighted by molar-refractivity contribution is 0.592. The van der Waals surface area contributed by atoms with Crippen molar-refractivity contribution < 1.29 is 4.57 Å². The summed E-state index contributed by atoms with van der Waals surface area (Å²) in [7, 11) is -3.19. The summed E-state index contributed by atoms with van der Waals surface area (Å²) in [5.74, 6) is 1.44. The van der Waals surface area contributed by atoms with Crippen LogP contribution >= 0.6 is 18.5 Å². The van der Waals surface area contributed by atoms with Crippen LogP contribution in [0, 0.1) is 0 Å². The van der Waals surface area contributed by atoms with Gasteiger partial charge in [0, 0.05) is 47.2 Å². The summed E-state index contributed by atoms with van der Waals surface area (Å²) in [4.78, 5) is 10.4. The Hall–Kier alpha value is -5.87. The standard InChI is InChI=1S/C45H32N3OPS/c49-50(35-21-9-3-10-22-35,36-23-11-4-12-24-36)37-25-15-20-33(28-37)39-29-34(30-41-42(39)38-26-13-14-27-40(38)51-41)45-47-43(31-16-5-1-6-17-31)46-44(48-45)32-18-7-2-8-19-32/h1-30,43H,(H,46,47,48). The maximum atomic E-state index is 15.4. The van der Waals surface area contributed by atoms with Crippen LogP contribution in [0.5, 0.6) is 0 Å². The first kappa shape index (κ1) is 31.1. The van der Waals surface area contributed by atoms with Gasteiger partial charge in [0.05, 0.1) is 0 Å². The highest BCUT2D eigenvalue weighted by Crippen LogP contribution is 2.45. The smallest absolute Gasteiger partial charge is 0.171 e. The summed E-state index contributed by atoms with van der Waals surface area (Å²) in [5, 5.41) is 8.37. The van der Waals surface area contributed by atoms with Crippen LogP contribution < -0.4 is 21.2 Å². The molecule has 1 N–H and O–H groups in total. The Morgan fingerprint density at radius 1 is 0.529 bits per heavy atom. The van der Waals surface area contributed by atoms with E-state index in [-0.39, 0.29) is 6.17 Å². The van der Waals surface area contributed by atoms with Crippen LogP contribution in [0.2, 0.25) is 0 Å². The Bertz CT molecular complexity index is 2590. The number of thiophene rings is 1. The van der Waals surface area contributed by atoms with E-state index in [1.807, 2.05) is 109 Å². The van der Waals surface area contributed by atoms with Gasteiger partial charge in [-0.15, -0.1) is 11.3 Å². The van der Waals surface area contributed by atoms with Crippen molar-refractivity contribution in [2.24, 2.45) is 9.98 Å². The molecule has 1 unspecified atom stereocenters. The fourth-order valence-corrected chi connectivity index (χ4v) is 10.8. The van der Waals surface area contributed by atoms with Crippen molar-refractivity contribution in [3.63, 3.8) is 0 Å². The maximum Gasteiger partial charge on any atom is 0.171 e. The molecule has 0 fully saturated rings. The maximum absolute atomic E-state index is 15.4. The zero-order valence-electron chi connectivity index (χ0n) is 27.6. The lowest BCUT2D eigenvalue weighted by atomic mass is 9.96. The minimum atomic E-state index is -3.19. The summed E-state index contributed by atoms with van der Waals surface area (Å²) in [5.41, 5.74) is 5.05. The van der Waals surface area contributed by atoms with Crippen molar-refractivity contribution in [2.75, 3.05) is 0 Å². The first-order chi connectivity index (χ1) is 25.1. The Balaban J connectivity index is 1.27. The van der Waals surface area contributed by atoms with Gasteiger partial charge in [-0.05, 0) is 41.0 Å². The average Bonchev–Trinajstić information content (AvgIpc) is 3.60. The van der Waals surface area contributed by atoms with E-state index >= 15 is 4.57 Å². The van der Waals surface area contributed by atoms with Gasteiger partial charge < -0.3 is 9.88 Å². The van der Waals surface area contributed by atoms with Crippen LogP contribution in [0.4, 0.5) is 0 Å². The molecule has 0 amide bonds. The predicted molar refractivity (Wildman–Crippen MR) is 216 cm³/mol. The topological polar surface area (TPSA) is 53.8 Å². The Labute approximate surface area is 300 Å². The molecule has 0 saturated heterocycles. The third-order valence-electron chi connectivity index (χ3n) is 9.40. The number of nitrogens with one attached hydrogen (secondary N) is 1. The molecule has 0 saturated carbocycles. The lowest BCUT2D eigenvalue weighted by Gasteiger charge is -2.24. The fraction of sp³-hybridized carbons (Fsp3) is 0.0222. The molecule has 0 radical (unpaired) electrons. The number of benzene rings is 7. The van der Waals surface area contributed by atoms with Crippen molar-refractivity contribution in [2.45, 2.75) is 6.17 Å². The quantitative estimate of drug-likeness (QED) is 0.169. The Morgan fingerprint density at radius 2 is 1.12 bits per heavy atom. The molecule has 1 atom stereocenters. The molecule has 51 heavy (non-hydrogen) atoms. The van der Waals surface area contributed by atoms with Gasteiger partial charge in [0.2, 0.25) is 0 Å². The van der Waals surface area contributed by atoms with Crippen LogP contribution in [-0.2, 0) is 4.57 Å². The van der Waals surface area contributed by atoms with Crippen LogP contribution in [0.3, 0.4) is 0 Å². The highest BCUT2D eigenvalue weighted by atomic mass is 32.1. The van der Waals surface area contributed by atoms with E-state index in [0.29, 0.717) is 5.84 Å². The van der Waals surface area contributed by atoms with Crippen LogP contribution in [0.15, 0.2) is 192 Å². The van der Waals surface area contributed by atoms with Gasteiger partial charge in [-0.2, -0.15) is 0 Å². The highest BCUT2D eigenvalue weighted by molar-refractivity contribution is 7.85. The third kappa shape index (κ3) is 5.71. The van der Waals surface area contributed by atoms with Gasteiger partial charge in [0.15, 0.2) is 13.0 Å². The molecule has 0 spiro atoms. The van der Waals surface area contributed by atoms with E-state index in [1.54, 1.807) is 11.3 Å². The lowest BCUT2D eigenvalue weighted by Crippen LogP contribution is -2.33. The van der Waals surface area contributed by atoms with Gasteiger partial charge >= 0.3 is 0 Å². The van der Waals surface area contributed by atoms with Gasteiger partial charge in [0.1, 0.15) is 12.0 Å². The first-order valence-electron chi connectivity index (χ1n) is 17.0. The van der Waals surface area contributed by atoms with E-state index < -0.39 is 7.14 Å². The minimum Gasteiger partial charge on any atom is -0.344 e. The predicted octanol–water partition coefficient (Wildman–Crippen LogP) is 9.86. The molecule has 244 valence electrons. The van der Waals surface area contributed by atoms with Crippen LogP contribution in [0.1, 0.15) is 22.9 Å². The number of hydrogen-bond donors (Lipinski definition) is 1. The number of amidine groups is 2. The van der Waals surface area contributed by atoms with Gasteiger partial charge in [-0.1, -0.05) is 158 Å². The molecule has 0 aliphatic carbocycles. The van der Waals surface area contributed by atoms with Crippen molar-refractivity contribution in [1.29, 1.82) is 0 Å². The summed E-state index contributed by atoms with van der Waals surface area (Å²) in [6.45, 7) is 0. The van der Waals surface area contributed by atoms with Crippen molar-refractivity contribution in [1.82, 2.24) is 5.32 Å². The molecule has 9 rings (SSSR count). The number of aliphatic imine (C=N–C) groups is 2. The zero-order valence-corrected chi connectivity index (χ0v) is 29.3. The summed E-state index contributed by atoms with van der Waals surface area (Å²) < 4.78 is 17.8. The zero-order chi connectivity index (χ0) is 34.2. The third-order valence-corrected chi connectivity index (χ3v) is 13.6. The molecular formula is C45H32N3OPS. The normalized spacial score (nSPS) is 14.5. The van der Waals surface area contributed by atoms with Crippen molar-refractivity contribution in [3.8, 4) is 11.1 Å².